The van der Waals surface area contributed by atoms with Crippen LogP contribution < -0.4 is 5.32 Å². The predicted octanol–water partition coefficient (Wildman–Crippen LogP) is 2.84. The lowest BCUT2D eigenvalue weighted by Gasteiger charge is -2.05. The molecule has 1 aromatic carbocycles. The number of anilines is 1. The average molecular weight is 332 g/mol. The van der Waals surface area contributed by atoms with E-state index in [9.17, 15) is 14.3 Å². The van der Waals surface area contributed by atoms with Crippen LogP contribution in [-0.2, 0) is 4.79 Å². The maximum absolute atomic E-state index is 13.0. The highest BCUT2D eigenvalue weighted by Gasteiger charge is 2.09. The molecule has 0 saturated heterocycles. The number of phenolic OH excluding ortho intramolecular Hbond substituents is 1. The second kappa shape index (κ2) is 6.25. The number of imidazole rings is 1. The number of benzene rings is 1. The lowest BCUT2D eigenvalue weighted by atomic mass is 10.3. The fourth-order valence-corrected chi connectivity index (χ4v) is 2.67. The van der Waals surface area contributed by atoms with Gasteiger partial charge in [0.25, 0.3) is 0 Å². The van der Waals surface area contributed by atoms with Gasteiger partial charge in [0.1, 0.15) is 5.52 Å². The molecular weight excluding hydrogens is 319 g/mol. The van der Waals surface area contributed by atoms with Crippen LogP contribution in [0, 0.1) is 12.7 Å². The second-order valence-electron chi connectivity index (χ2n) is 4.89. The number of amides is 1. The van der Waals surface area contributed by atoms with Gasteiger partial charge in [-0.1, -0.05) is 11.8 Å². The molecule has 1 amide bonds. The van der Waals surface area contributed by atoms with E-state index in [1.165, 1.54) is 17.8 Å². The number of aromatic nitrogens is 3. The van der Waals surface area contributed by atoms with Crippen molar-refractivity contribution in [2.24, 2.45) is 0 Å². The van der Waals surface area contributed by atoms with Crippen LogP contribution in [0.5, 0.6) is 5.75 Å². The Morgan fingerprint density at radius 2 is 2.26 bits per heavy atom. The number of nitrogens with zero attached hydrogens (tertiary/aromatic N) is 2. The number of halogens is 1. The summed E-state index contributed by atoms with van der Waals surface area (Å²) >= 11 is 1.24. The summed E-state index contributed by atoms with van der Waals surface area (Å²) in [6, 6.07) is 5.52. The van der Waals surface area contributed by atoms with Gasteiger partial charge in [-0.15, -0.1) is 0 Å². The Labute approximate surface area is 135 Å². The smallest absolute Gasteiger partial charge is 0.234 e. The number of H-pyrrole nitrogens is 1. The Morgan fingerprint density at radius 3 is 3.04 bits per heavy atom. The fourth-order valence-electron chi connectivity index (χ4n) is 1.98. The largest absolute Gasteiger partial charge is 0.505 e. The zero-order valence-corrected chi connectivity index (χ0v) is 12.9. The first-order valence-electron chi connectivity index (χ1n) is 6.75. The van der Waals surface area contributed by atoms with Crippen LogP contribution in [0.4, 0.5) is 10.1 Å². The second-order valence-corrected chi connectivity index (χ2v) is 5.85. The topological polar surface area (TPSA) is 90.9 Å². The maximum atomic E-state index is 13.0. The van der Waals surface area contributed by atoms with E-state index in [-0.39, 0.29) is 11.7 Å². The molecule has 3 rings (SSSR count). The number of hydrogen-bond donors (Lipinski definition) is 3. The molecule has 0 aliphatic heterocycles. The SMILES string of the molecule is Cc1cc2[nH]c(SCC(=O)Nc3ccc(F)c(O)c3)nc2cn1. The van der Waals surface area contributed by atoms with Crippen LogP contribution in [-0.4, -0.2) is 31.7 Å². The molecule has 0 atom stereocenters. The zero-order chi connectivity index (χ0) is 16.4. The number of pyridine rings is 1. The Bertz CT molecular complexity index is 881. The summed E-state index contributed by atoms with van der Waals surface area (Å²) < 4.78 is 13.0. The van der Waals surface area contributed by atoms with Crippen molar-refractivity contribution < 1.29 is 14.3 Å². The quantitative estimate of drug-likeness (QED) is 0.639. The summed E-state index contributed by atoms with van der Waals surface area (Å²) in [5.41, 5.74) is 2.82. The number of carbonyl (C=O) groups excluding carboxylic acids is 1. The third-order valence-corrected chi connectivity index (χ3v) is 3.93. The highest BCUT2D eigenvalue weighted by molar-refractivity contribution is 7.99. The van der Waals surface area contributed by atoms with Crippen LogP contribution in [0.1, 0.15) is 5.69 Å². The number of aromatic amines is 1. The molecule has 3 N–H and O–H groups in total. The molecule has 0 aliphatic rings. The van der Waals surface area contributed by atoms with Crippen LogP contribution in [0.2, 0.25) is 0 Å². The average Bonchev–Trinajstić information content (AvgIpc) is 2.91. The van der Waals surface area contributed by atoms with Crippen molar-refractivity contribution in [3.05, 3.63) is 42.0 Å². The molecule has 0 aliphatic carbocycles. The zero-order valence-electron chi connectivity index (χ0n) is 12.1. The predicted molar refractivity (Wildman–Crippen MR) is 86.0 cm³/mol. The first-order valence-corrected chi connectivity index (χ1v) is 7.73. The van der Waals surface area contributed by atoms with Gasteiger partial charge >= 0.3 is 0 Å². The lowest BCUT2D eigenvalue weighted by molar-refractivity contribution is -0.113. The summed E-state index contributed by atoms with van der Waals surface area (Å²) in [6.07, 6.45) is 1.67. The number of nitrogens with one attached hydrogen (secondary N) is 2. The van der Waals surface area contributed by atoms with Gasteiger partial charge in [-0.3, -0.25) is 9.78 Å². The monoisotopic (exact) mass is 332 g/mol. The number of hydrogen-bond acceptors (Lipinski definition) is 5. The van der Waals surface area contributed by atoms with Crippen molar-refractivity contribution in [1.82, 2.24) is 15.0 Å². The number of fused-ring (bicyclic) bond motifs is 1. The maximum Gasteiger partial charge on any atom is 0.234 e. The van der Waals surface area contributed by atoms with Gasteiger partial charge in [-0.2, -0.15) is 0 Å². The minimum atomic E-state index is -0.733. The molecule has 0 bridgehead atoms. The van der Waals surface area contributed by atoms with Crippen molar-refractivity contribution in [2.45, 2.75) is 12.1 Å². The molecule has 6 nitrogen and oxygen atoms in total. The van der Waals surface area contributed by atoms with Crippen LogP contribution in [0.15, 0.2) is 35.6 Å². The number of carbonyl (C=O) groups is 1. The van der Waals surface area contributed by atoms with Crippen LogP contribution in [0.3, 0.4) is 0 Å². The Balaban J connectivity index is 1.62. The third-order valence-electron chi connectivity index (χ3n) is 3.05. The highest BCUT2D eigenvalue weighted by Crippen LogP contribution is 2.22. The van der Waals surface area contributed by atoms with E-state index in [1.807, 2.05) is 13.0 Å². The summed E-state index contributed by atoms with van der Waals surface area (Å²) in [5, 5.41) is 12.5. The van der Waals surface area contributed by atoms with E-state index in [4.69, 9.17) is 0 Å². The summed E-state index contributed by atoms with van der Waals surface area (Å²) in [4.78, 5) is 23.5. The minimum absolute atomic E-state index is 0.129. The minimum Gasteiger partial charge on any atom is -0.505 e. The summed E-state index contributed by atoms with van der Waals surface area (Å²) in [5.74, 6) is -1.39. The molecule has 118 valence electrons. The Morgan fingerprint density at radius 1 is 1.43 bits per heavy atom. The van der Waals surface area contributed by atoms with E-state index in [2.05, 4.69) is 20.3 Å². The van der Waals surface area contributed by atoms with E-state index in [0.717, 1.165) is 28.9 Å². The highest BCUT2D eigenvalue weighted by atomic mass is 32.2. The third kappa shape index (κ3) is 3.59. The summed E-state index contributed by atoms with van der Waals surface area (Å²) in [7, 11) is 0. The van der Waals surface area contributed by atoms with Crippen LogP contribution in [0.25, 0.3) is 11.0 Å². The van der Waals surface area contributed by atoms with Crippen LogP contribution >= 0.6 is 11.8 Å². The van der Waals surface area contributed by atoms with Gasteiger partial charge in [-0.05, 0) is 25.1 Å². The van der Waals surface area contributed by atoms with Gasteiger partial charge in [-0.25, -0.2) is 9.37 Å². The van der Waals surface area contributed by atoms with E-state index < -0.39 is 11.6 Å². The van der Waals surface area contributed by atoms with Crippen molar-refractivity contribution in [3.63, 3.8) is 0 Å². The molecule has 0 fully saturated rings. The van der Waals surface area contributed by atoms with Crippen molar-refractivity contribution >= 4 is 34.4 Å². The first-order chi connectivity index (χ1) is 11.0. The van der Waals surface area contributed by atoms with E-state index in [1.54, 1.807) is 6.20 Å². The van der Waals surface area contributed by atoms with Gasteiger partial charge in [0.2, 0.25) is 5.91 Å². The fraction of sp³-hybridized carbons (Fsp3) is 0.133. The standard InChI is InChI=1S/C15H13FN4O2S/c1-8-4-11-12(6-17-8)20-15(19-11)23-7-14(22)18-9-2-3-10(16)13(21)5-9/h2-6,21H,7H2,1H3,(H,18,22)(H,19,20). The normalized spacial score (nSPS) is 10.9. The number of rotatable bonds is 4. The van der Waals surface area contributed by atoms with E-state index >= 15 is 0 Å². The van der Waals surface area contributed by atoms with E-state index in [0.29, 0.717) is 10.8 Å². The molecule has 2 heterocycles. The Kier molecular flexibility index (Phi) is 4.16. The first kappa shape index (κ1) is 15.3. The van der Waals surface area contributed by atoms with Crippen molar-refractivity contribution in [3.8, 4) is 5.75 Å². The van der Waals surface area contributed by atoms with Crippen molar-refractivity contribution in [2.75, 3.05) is 11.1 Å². The molecule has 23 heavy (non-hydrogen) atoms. The van der Waals surface area contributed by atoms with Gasteiger partial charge < -0.3 is 15.4 Å². The molecule has 0 spiro atoms. The lowest BCUT2D eigenvalue weighted by Crippen LogP contribution is -2.14. The molecular formula is C15H13FN4O2S. The van der Waals surface area contributed by atoms with Gasteiger partial charge in [0, 0.05) is 17.4 Å². The van der Waals surface area contributed by atoms with Gasteiger partial charge in [0.15, 0.2) is 16.7 Å². The number of aromatic hydroxyl groups is 1. The molecule has 0 radical (unpaired) electrons. The number of phenols is 1. The molecule has 0 unspecified atom stereocenters. The Hall–Kier alpha value is -2.61. The molecule has 3 aromatic rings. The molecule has 0 saturated carbocycles. The van der Waals surface area contributed by atoms with Crippen molar-refractivity contribution in [1.29, 1.82) is 0 Å². The summed E-state index contributed by atoms with van der Waals surface area (Å²) in [6.45, 7) is 1.89. The molecule has 8 heteroatoms. The number of aryl methyl sites for hydroxylation is 1. The van der Waals surface area contributed by atoms with Gasteiger partial charge in [0.05, 0.1) is 17.5 Å². The molecule has 2 aromatic heterocycles. The number of thioether (sulfide) groups is 1.